The summed E-state index contributed by atoms with van der Waals surface area (Å²) in [6.45, 7) is 8.26. The van der Waals surface area contributed by atoms with Crippen LogP contribution < -0.4 is 4.74 Å². The average Bonchev–Trinajstić information content (AvgIpc) is 3.12. The van der Waals surface area contributed by atoms with Crippen LogP contribution in [0.4, 0.5) is 5.69 Å². The largest absolute Gasteiger partial charge is 0.430 e. The first kappa shape index (κ1) is 22.5. The zero-order chi connectivity index (χ0) is 21.8. The Morgan fingerprint density at radius 3 is 2.63 bits per heavy atom. The number of benzene rings is 2. The summed E-state index contributed by atoms with van der Waals surface area (Å²) in [5.41, 5.74) is 3.85. The van der Waals surface area contributed by atoms with Gasteiger partial charge < -0.3 is 9.64 Å². The number of aryl methyl sites for hydroxylation is 2. The second kappa shape index (κ2) is 9.77. The minimum atomic E-state index is 0.395. The molecule has 0 aliphatic carbocycles. The summed E-state index contributed by atoms with van der Waals surface area (Å²) in [4.78, 5) is 11.2. The molecular formula is C22H24Cl2N4OS. The number of rotatable bonds is 7. The number of hydrogen-bond donors (Lipinski definition) is 0. The van der Waals surface area contributed by atoms with Crippen molar-refractivity contribution in [3.05, 3.63) is 62.9 Å². The zero-order valence-electron chi connectivity index (χ0n) is 17.6. The van der Waals surface area contributed by atoms with E-state index in [-0.39, 0.29) is 0 Å². The van der Waals surface area contributed by atoms with Crippen molar-refractivity contribution < 1.29 is 4.74 Å². The van der Waals surface area contributed by atoms with E-state index in [4.69, 9.17) is 27.9 Å². The lowest BCUT2D eigenvalue weighted by Crippen LogP contribution is -2.24. The highest BCUT2D eigenvalue weighted by molar-refractivity contribution is 7.07. The first-order valence-electron chi connectivity index (χ1n) is 9.54. The number of hydrogen-bond acceptors (Lipinski definition) is 5. The molecule has 0 bridgehead atoms. The molecule has 30 heavy (non-hydrogen) atoms. The third-order valence-corrected chi connectivity index (χ3v) is 5.92. The summed E-state index contributed by atoms with van der Waals surface area (Å²) >= 11 is 13.4. The molecule has 0 N–H and O–H groups in total. The third kappa shape index (κ3) is 5.72. The van der Waals surface area contributed by atoms with E-state index in [0.29, 0.717) is 33.5 Å². The van der Waals surface area contributed by atoms with Crippen molar-refractivity contribution in [3.8, 4) is 10.9 Å². The zero-order valence-corrected chi connectivity index (χ0v) is 19.9. The van der Waals surface area contributed by atoms with E-state index in [2.05, 4.69) is 33.1 Å². The molecular weight excluding hydrogens is 439 g/mol. The van der Waals surface area contributed by atoms with E-state index in [1.54, 1.807) is 6.07 Å². The Hall–Kier alpha value is -2.15. The van der Waals surface area contributed by atoms with Crippen LogP contribution in [0.25, 0.3) is 0 Å². The highest BCUT2D eigenvalue weighted by atomic mass is 35.5. The molecule has 3 rings (SSSR count). The molecule has 1 heterocycles. The van der Waals surface area contributed by atoms with Gasteiger partial charge in [-0.05, 0) is 68.7 Å². The molecule has 0 aliphatic heterocycles. The Morgan fingerprint density at radius 2 is 1.93 bits per heavy atom. The highest BCUT2D eigenvalue weighted by Gasteiger charge is 2.12. The van der Waals surface area contributed by atoms with Gasteiger partial charge in [-0.1, -0.05) is 29.3 Å². The molecule has 0 atom stereocenters. The molecule has 0 fully saturated rings. The van der Waals surface area contributed by atoms with Gasteiger partial charge in [0.2, 0.25) is 0 Å². The Labute approximate surface area is 191 Å². The molecule has 2 aromatic carbocycles. The maximum Gasteiger partial charge on any atom is 0.298 e. The summed E-state index contributed by atoms with van der Waals surface area (Å²) in [5, 5.41) is 1.70. The Balaban J connectivity index is 1.73. The van der Waals surface area contributed by atoms with E-state index in [1.165, 1.54) is 11.5 Å². The lowest BCUT2D eigenvalue weighted by atomic mass is 10.1. The maximum absolute atomic E-state index is 6.25. The standard InChI is InChI=1S/C22H24Cl2N4OS/c1-13(2)28(5)12-25-19-8-15(4)20(9-14(19)3)29-22-26-21(27-30-22)10-16-6-7-17(23)11-18(16)24/h6-9,11-13H,10H2,1-5H3. The molecule has 0 unspecified atom stereocenters. The minimum absolute atomic E-state index is 0.395. The van der Waals surface area contributed by atoms with Crippen LogP contribution in [0, 0.1) is 13.8 Å². The molecule has 0 amide bonds. The van der Waals surface area contributed by atoms with Gasteiger partial charge >= 0.3 is 0 Å². The Kier molecular flexibility index (Phi) is 7.34. The quantitative estimate of drug-likeness (QED) is 0.284. The van der Waals surface area contributed by atoms with Crippen LogP contribution in [-0.2, 0) is 6.42 Å². The van der Waals surface area contributed by atoms with Crippen molar-refractivity contribution in [2.75, 3.05) is 7.05 Å². The monoisotopic (exact) mass is 462 g/mol. The molecule has 0 aliphatic rings. The Bertz CT molecular complexity index is 1070. The van der Waals surface area contributed by atoms with Crippen molar-refractivity contribution in [2.24, 2.45) is 4.99 Å². The van der Waals surface area contributed by atoms with Crippen LogP contribution in [-0.4, -0.2) is 33.7 Å². The second-order valence-electron chi connectivity index (χ2n) is 7.40. The minimum Gasteiger partial charge on any atom is -0.430 e. The van der Waals surface area contributed by atoms with Gasteiger partial charge in [-0.15, -0.1) is 0 Å². The summed E-state index contributed by atoms with van der Waals surface area (Å²) in [6, 6.07) is 9.81. The number of aromatic nitrogens is 2. The first-order valence-corrected chi connectivity index (χ1v) is 11.1. The van der Waals surface area contributed by atoms with Crippen LogP contribution in [0.1, 0.15) is 36.4 Å². The van der Waals surface area contributed by atoms with Gasteiger partial charge in [-0.25, -0.2) is 4.99 Å². The fraction of sp³-hybridized carbons (Fsp3) is 0.318. The fourth-order valence-corrected chi connectivity index (χ4v) is 3.63. The van der Waals surface area contributed by atoms with Gasteiger partial charge in [0, 0.05) is 41.1 Å². The van der Waals surface area contributed by atoms with Gasteiger partial charge in [0.15, 0.2) is 5.82 Å². The van der Waals surface area contributed by atoms with Gasteiger partial charge in [0.05, 0.1) is 12.0 Å². The molecule has 8 heteroatoms. The fourth-order valence-electron chi connectivity index (χ4n) is 2.59. The van der Waals surface area contributed by atoms with Crippen LogP contribution in [0.2, 0.25) is 10.0 Å². The van der Waals surface area contributed by atoms with E-state index >= 15 is 0 Å². The van der Waals surface area contributed by atoms with E-state index in [0.717, 1.165) is 28.1 Å². The molecule has 0 saturated carbocycles. The number of halogens is 2. The number of aliphatic imine (C=N–C) groups is 1. The molecule has 5 nitrogen and oxygen atoms in total. The molecule has 0 spiro atoms. The summed E-state index contributed by atoms with van der Waals surface area (Å²) < 4.78 is 10.4. The predicted octanol–water partition coefficient (Wildman–Crippen LogP) is 6.84. The molecule has 0 radical (unpaired) electrons. The lowest BCUT2D eigenvalue weighted by Gasteiger charge is -2.17. The van der Waals surface area contributed by atoms with Crippen LogP contribution in [0.15, 0.2) is 35.3 Å². The van der Waals surface area contributed by atoms with Crippen LogP contribution in [0.3, 0.4) is 0 Å². The molecule has 1 aromatic heterocycles. The topological polar surface area (TPSA) is 50.6 Å². The van der Waals surface area contributed by atoms with Gasteiger partial charge in [0.25, 0.3) is 5.19 Å². The first-order chi connectivity index (χ1) is 14.2. The van der Waals surface area contributed by atoms with Crippen molar-refractivity contribution in [3.63, 3.8) is 0 Å². The van der Waals surface area contributed by atoms with E-state index < -0.39 is 0 Å². The number of nitrogens with zero attached hydrogens (tertiary/aromatic N) is 4. The average molecular weight is 463 g/mol. The SMILES string of the molecule is Cc1cc(Oc2nc(Cc3ccc(Cl)cc3Cl)ns2)c(C)cc1N=CN(C)C(C)C. The predicted molar refractivity (Wildman–Crippen MR) is 126 cm³/mol. The molecule has 158 valence electrons. The highest BCUT2D eigenvalue weighted by Crippen LogP contribution is 2.32. The summed E-state index contributed by atoms with van der Waals surface area (Å²) in [6.07, 6.45) is 2.37. The van der Waals surface area contributed by atoms with Crippen LogP contribution >= 0.6 is 34.7 Å². The Morgan fingerprint density at radius 1 is 1.17 bits per heavy atom. The van der Waals surface area contributed by atoms with Gasteiger partial charge in [-0.2, -0.15) is 9.36 Å². The van der Waals surface area contributed by atoms with Crippen molar-refractivity contribution in [1.29, 1.82) is 0 Å². The summed E-state index contributed by atoms with van der Waals surface area (Å²) in [5.74, 6) is 1.41. The van der Waals surface area contributed by atoms with Crippen molar-refractivity contribution >= 4 is 46.8 Å². The van der Waals surface area contributed by atoms with E-state index in [9.17, 15) is 0 Å². The van der Waals surface area contributed by atoms with Gasteiger partial charge in [-0.3, -0.25) is 0 Å². The van der Waals surface area contributed by atoms with Crippen molar-refractivity contribution in [1.82, 2.24) is 14.3 Å². The van der Waals surface area contributed by atoms with Crippen LogP contribution in [0.5, 0.6) is 10.9 Å². The summed E-state index contributed by atoms with van der Waals surface area (Å²) in [7, 11) is 2.01. The lowest BCUT2D eigenvalue weighted by molar-refractivity contribution is 0.429. The number of ether oxygens (including phenoxy) is 1. The smallest absolute Gasteiger partial charge is 0.298 e. The second-order valence-corrected chi connectivity index (χ2v) is 8.96. The van der Waals surface area contributed by atoms with E-state index in [1.807, 2.05) is 51.5 Å². The molecule has 0 saturated heterocycles. The van der Waals surface area contributed by atoms with Crippen molar-refractivity contribution in [2.45, 2.75) is 40.2 Å². The van der Waals surface area contributed by atoms with Gasteiger partial charge in [0.1, 0.15) is 5.75 Å². The normalized spacial score (nSPS) is 11.5. The third-order valence-electron chi connectivity index (χ3n) is 4.70. The molecule has 3 aromatic rings. The maximum atomic E-state index is 6.25.